The summed E-state index contributed by atoms with van der Waals surface area (Å²) in [7, 11) is 1.54. The number of carbonyl (C=O) groups is 2. The fraction of sp³-hybridized carbons (Fsp3) is 0.0455. The number of anilines is 1. The molecule has 0 saturated carbocycles. The fourth-order valence-corrected chi connectivity index (χ4v) is 3.43. The molecule has 2 aromatic carbocycles. The van der Waals surface area contributed by atoms with Gasteiger partial charge in [0.1, 0.15) is 17.1 Å². The number of nitrogens with zero attached hydrogens (tertiary/aromatic N) is 2. The van der Waals surface area contributed by atoms with Gasteiger partial charge in [0.25, 0.3) is 11.8 Å². The van der Waals surface area contributed by atoms with Gasteiger partial charge in [0, 0.05) is 11.9 Å². The Morgan fingerprint density at radius 2 is 1.77 bits per heavy atom. The van der Waals surface area contributed by atoms with E-state index in [1.54, 1.807) is 65.4 Å². The van der Waals surface area contributed by atoms with Gasteiger partial charge in [0.2, 0.25) is 0 Å². The Hall–Kier alpha value is -3.78. The van der Waals surface area contributed by atoms with E-state index in [-0.39, 0.29) is 10.7 Å². The summed E-state index contributed by atoms with van der Waals surface area (Å²) < 4.78 is 20.9. The Kier molecular flexibility index (Phi) is 5.16. The second kappa shape index (κ2) is 7.92. The number of hydrogen-bond donors (Lipinski definition) is 1. The number of thiocarbonyl (C=S) groups is 1. The smallest absolute Gasteiger partial charge is 0.270 e. The van der Waals surface area contributed by atoms with E-state index in [0.717, 1.165) is 0 Å². The van der Waals surface area contributed by atoms with Crippen molar-refractivity contribution in [3.8, 4) is 11.4 Å². The van der Waals surface area contributed by atoms with E-state index in [9.17, 15) is 14.0 Å². The average molecular weight is 421 g/mol. The van der Waals surface area contributed by atoms with E-state index in [2.05, 4.69) is 5.32 Å². The van der Waals surface area contributed by atoms with Crippen molar-refractivity contribution in [3.63, 3.8) is 0 Å². The highest BCUT2D eigenvalue weighted by Crippen LogP contribution is 2.25. The molecule has 1 N–H and O–H groups in total. The molecule has 150 valence electrons. The zero-order chi connectivity index (χ0) is 21.3. The van der Waals surface area contributed by atoms with Crippen LogP contribution in [0.3, 0.4) is 0 Å². The van der Waals surface area contributed by atoms with Crippen molar-refractivity contribution in [2.24, 2.45) is 0 Å². The molecule has 1 aliphatic rings. The lowest BCUT2D eigenvalue weighted by molar-refractivity contribution is -0.122. The van der Waals surface area contributed by atoms with Gasteiger partial charge in [-0.15, -0.1) is 0 Å². The number of methoxy groups -OCH3 is 1. The van der Waals surface area contributed by atoms with Crippen LogP contribution >= 0.6 is 12.2 Å². The molecule has 2 heterocycles. The lowest BCUT2D eigenvalue weighted by Gasteiger charge is -2.29. The monoisotopic (exact) mass is 421 g/mol. The van der Waals surface area contributed by atoms with Crippen LogP contribution in [0.15, 0.2) is 72.4 Å². The van der Waals surface area contributed by atoms with Gasteiger partial charge in [0.05, 0.1) is 18.5 Å². The summed E-state index contributed by atoms with van der Waals surface area (Å²) in [5.41, 5.74) is 1.15. The maximum absolute atomic E-state index is 14.2. The van der Waals surface area contributed by atoms with Crippen LogP contribution in [0, 0.1) is 5.82 Å². The largest absolute Gasteiger partial charge is 0.497 e. The predicted octanol–water partition coefficient (Wildman–Crippen LogP) is 3.46. The highest BCUT2D eigenvalue weighted by Gasteiger charge is 2.34. The van der Waals surface area contributed by atoms with Crippen molar-refractivity contribution in [3.05, 3.63) is 83.9 Å². The van der Waals surface area contributed by atoms with E-state index in [1.165, 1.54) is 24.2 Å². The van der Waals surface area contributed by atoms with E-state index in [4.69, 9.17) is 17.0 Å². The number of hydrogen-bond acceptors (Lipinski definition) is 4. The van der Waals surface area contributed by atoms with Gasteiger partial charge >= 0.3 is 0 Å². The molecule has 0 radical (unpaired) electrons. The quantitative estimate of drug-likeness (QED) is 0.398. The molecule has 2 amide bonds. The highest BCUT2D eigenvalue weighted by atomic mass is 32.1. The summed E-state index contributed by atoms with van der Waals surface area (Å²) in [6.45, 7) is 0. The minimum Gasteiger partial charge on any atom is -0.497 e. The van der Waals surface area contributed by atoms with Crippen molar-refractivity contribution in [1.82, 2.24) is 9.88 Å². The first-order valence-corrected chi connectivity index (χ1v) is 9.38. The van der Waals surface area contributed by atoms with Crippen LogP contribution in [0.2, 0.25) is 0 Å². The third kappa shape index (κ3) is 3.48. The summed E-state index contributed by atoms with van der Waals surface area (Å²) in [6.07, 6.45) is 3.07. The first kappa shape index (κ1) is 19.5. The summed E-state index contributed by atoms with van der Waals surface area (Å²) >= 11 is 5.20. The first-order valence-electron chi connectivity index (χ1n) is 8.97. The lowest BCUT2D eigenvalue weighted by atomic mass is 10.1. The van der Waals surface area contributed by atoms with E-state index < -0.39 is 17.6 Å². The van der Waals surface area contributed by atoms with Gasteiger partial charge in [-0.3, -0.25) is 19.8 Å². The number of amides is 2. The van der Waals surface area contributed by atoms with Gasteiger partial charge < -0.3 is 9.30 Å². The number of carbonyl (C=O) groups excluding carboxylic acids is 2. The maximum atomic E-state index is 14.2. The summed E-state index contributed by atoms with van der Waals surface area (Å²) in [5, 5.41) is 2.52. The molecule has 1 aromatic heterocycles. The third-order valence-electron chi connectivity index (χ3n) is 4.62. The van der Waals surface area contributed by atoms with Crippen molar-refractivity contribution >= 4 is 40.9 Å². The Morgan fingerprint density at radius 1 is 1.03 bits per heavy atom. The summed E-state index contributed by atoms with van der Waals surface area (Å²) in [5.74, 6) is -0.989. The van der Waals surface area contributed by atoms with Crippen LogP contribution in [-0.4, -0.2) is 28.6 Å². The molecule has 1 fully saturated rings. The molecule has 1 aliphatic heterocycles. The van der Waals surface area contributed by atoms with Crippen molar-refractivity contribution in [2.75, 3.05) is 12.0 Å². The summed E-state index contributed by atoms with van der Waals surface area (Å²) in [6, 6.07) is 16.3. The van der Waals surface area contributed by atoms with Crippen LogP contribution in [0.5, 0.6) is 5.75 Å². The maximum Gasteiger partial charge on any atom is 0.270 e. The molecule has 0 spiro atoms. The average Bonchev–Trinajstić information content (AvgIpc) is 3.20. The van der Waals surface area contributed by atoms with Gasteiger partial charge in [-0.05, 0) is 66.8 Å². The topological polar surface area (TPSA) is 63.6 Å². The molecule has 8 heteroatoms. The number of benzene rings is 2. The Morgan fingerprint density at radius 3 is 2.47 bits per heavy atom. The van der Waals surface area contributed by atoms with Crippen LogP contribution in [0.4, 0.5) is 10.1 Å². The first-order chi connectivity index (χ1) is 14.5. The van der Waals surface area contributed by atoms with Crippen LogP contribution in [0.25, 0.3) is 11.8 Å². The highest BCUT2D eigenvalue weighted by molar-refractivity contribution is 7.80. The van der Waals surface area contributed by atoms with E-state index in [0.29, 0.717) is 22.8 Å². The molecule has 0 bridgehead atoms. The number of para-hydroxylation sites is 1. The van der Waals surface area contributed by atoms with Crippen molar-refractivity contribution in [2.45, 2.75) is 0 Å². The van der Waals surface area contributed by atoms with Crippen molar-refractivity contribution in [1.29, 1.82) is 0 Å². The van der Waals surface area contributed by atoms with Gasteiger partial charge in [-0.25, -0.2) is 4.39 Å². The summed E-state index contributed by atoms with van der Waals surface area (Å²) in [4.78, 5) is 26.9. The molecular weight excluding hydrogens is 405 g/mol. The number of rotatable bonds is 4. The van der Waals surface area contributed by atoms with E-state index >= 15 is 0 Å². The van der Waals surface area contributed by atoms with Crippen LogP contribution < -0.4 is 15.0 Å². The molecule has 3 aromatic rings. The number of halogens is 1. The lowest BCUT2D eigenvalue weighted by Crippen LogP contribution is -2.54. The molecule has 0 atom stereocenters. The van der Waals surface area contributed by atoms with Gasteiger partial charge in [0.15, 0.2) is 5.11 Å². The Bertz CT molecular complexity index is 1180. The van der Waals surface area contributed by atoms with Crippen LogP contribution in [0.1, 0.15) is 5.69 Å². The Balaban J connectivity index is 1.74. The molecule has 0 unspecified atom stereocenters. The second-order valence-electron chi connectivity index (χ2n) is 6.41. The SMILES string of the molecule is COc1ccc(N2C(=O)/C(=C/c3cccn3-c3ccccc3F)C(=O)NC2=S)cc1. The van der Waals surface area contributed by atoms with Gasteiger partial charge in [-0.2, -0.15) is 0 Å². The molecule has 1 saturated heterocycles. The standard InChI is InChI=1S/C22H16FN3O3S/c1-29-16-10-8-14(9-11-16)26-21(28)17(20(27)24-22(26)30)13-15-5-4-12-25(15)19-7-3-2-6-18(19)23/h2-13H,1H3,(H,24,27,30)/b17-13+. The molecular formula is C22H16FN3O3S. The molecule has 0 aliphatic carbocycles. The fourth-order valence-electron chi connectivity index (χ4n) is 3.15. The zero-order valence-electron chi connectivity index (χ0n) is 15.8. The molecule has 4 rings (SSSR count). The normalized spacial score (nSPS) is 15.5. The van der Waals surface area contributed by atoms with E-state index in [1.807, 2.05) is 0 Å². The number of ether oxygens (including phenoxy) is 1. The minimum atomic E-state index is -0.615. The second-order valence-corrected chi connectivity index (χ2v) is 6.80. The third-order valence-corrected chi connectivity index (χ3v) is 4.90. The Labute approximate surface area is 177 Å². The predicted molar refractivity (Wildman–Crippen MR) is 115 cm³/mol. The van der Waals surface area contributed by atoms with Gasteiger partial charge in [-0.1, -0.05) is 12.1 Å². The molecule has 6 nitrogen and oxygen atoms in total. The molecule has 30 heavy (non-hydrogen) atoms. The number of nitrogens with one attached hydrogen (secondary N) is 1. The van der Waals surface area contributed by atoms with Crippen LogP contribution in [-0.2, 0) is 9.59 Å². The zero-order valence-corrected chi connectivity index (χ0v) is 16.7. The van der Waals surface area contributed by atoms with Crippen molar-refractivity contribution < 1.29 is 18.7 Å². The minimum absolute atomic E-state index is 0.0168. The number of aromatic nitrogens is 1.